The highest BCUT2D eigenvalue weighted by molar-refractivity contribution is 6.33. The lowest BCUT2D eigenvalue weighted by Gasteiger charge is -2.33. The van der Waals surface area contributed by atoms with Gasteiger partial charge in [-0.1, -0.05) is 11.6 Å². The van der Waals surface area contributed by atoms with E-state index in [0.29, 0.717) is 19.7 Å². The average Bonchev–Trinajstić information content (AvgIpc) is 2.84. The summed E-state index contributed by atoms with van der Waals surface area (Å²) >= 11 is 5.96. The number of amides is 1. The van der Waals surface area contributed by atoms with Gasteiger partial charge in [-0.25, -0.2) is 9.97 Å². The van der Waals surface area contributed by atoms with Crippen LogP contribution in [0.4, 0.5) is 0 Å². The first-order valence-electron chi connectivity index (χ1n) is 6.23. The van der Waals surface area contributed by atoms with Crippen molar-refractivity contribution in [1.82, 2.24) is 19.8 Å². The van der Waals surface area contributed by atoms with E-state index in [1.165, 1.54) is 12.5 Å². The zero-order valence-corrected chi connectivity index (χ0v) is 11.4. The lowest BCUT2D eigenvalue weighted by atomic mass is 10.1. The van der Waals surface area contributed by atoms with E-state index in [2.05, 4.69) is 21.9 Å². The van der Waals surface area contributed by atoms with E-state index in [-0.39, 0.29) is 28.8 Å². The second-order valence-corrected chi connectivity index (χ2v) is 5.29. The normalized spacial score (nSPS) is 27.4. The molecule has 3 rings (SSSR count). The van der Waals surface area contributed by atoms with Crippen molar-refractivity contribution in [2.24, 2.45) is 0 Å². The van der Waals surface area contributed by atoms with E-state index in [0.717, 1.165) is 6.54 Å². The minimum atomic E-state index is -0.154. The summed E-state index contributed by atoms with van der Waals surface area (Å²) < 4.78 is 5.72. The van der Waals surface area contributed by atoms with Crippen LogP contribution in [0, 0.1) is 0 Å². The summed E-state index contributed by atoms with van der Waals surface area (Å²) in [5.41, 5.74) is 0.262. The number of aromatic nitrogens is 2. The molecule has 1 amide bonds. The van der Waals surface area contributed by atoms with Gasteiger partial charge in [0.2, 0.25) is 0 Å². The lowest BCUT2D eigenvalue weighted by Crippen LogP contribution is -2.48. The van der Waals surface area contributed by atoms with Gasteiger partial charge in [-0.15, -0.1) is 0 Å². The van der Waals surface area contributed by atoms with Gasteiger partial charge in [0, 0.05) is 25.8 Å². The Balaban J connectivity index is 1.78. The topological polar surface area (TPSA) is 58.6 Å². The summed E-state index contributed by atoms with van der Waals surface area (Å²) in [6.07, 6.45) is 2.86. The Labute approximate surface area is 116 Å². The fourth-order valence-electron chi connectivity index (χ4n) is 2.64. The Morgan fingerprint density at radius 3 is 3.11 bits per heavy atom. The maximum atomic E-state index is 12.4. The molecule has 0 aliphatic carbocycles. The maximum Gasteiger partial charge on any atom is 0.274 e. The highest BCUT2D eigenvalue weighted by atomic mass is 35.5. The molecular formula is C12H15ClN4O2. The van der Waals surface area contributed by atoms with Crippen LogP contribution in [-0.2, 0) is 4.74 Å². The molecule has 0 N–H and O–H groups in total. The van der Waals surface area contributed by atoms with Crippen LogP contribution < -0.4 is 0 Å². The molecule has 19 heavy (non-hydrogen) atoms. The van der Waals surface area contributed by atoms with Gasteiger partial charge in [-0.3, -0.25) is 9.69 Å². The van der Waals surface area contributed by atoms with Gasteiger partial charge in [-0.05, 0) is 7.05 Å². The molecule has 2 fully saturated rings. The molecule has 2 atom stereocenters. The third-order valence-corrected chi connectivity index (χ3v) is 4.01. The van der Waals surface area contributed by atoms with Crippen molar-refractivity contribution in [3.05, 3.63) is 23.2 Å². The Kier molecular flexibility index (Phi) is 3.38. The molecular weight excluding hydrogens is 268 g/mol. The molecule has 0 saturated carbocycles. The van der Waals surface area contributed by atoms with Crippen molar-refractivity contribution in [3.8, 4) is 0 Å². The lowest BCUT2D eigenvalue weighted by molar-refractivity contribution is -0.0368. The quantitative estimate of drug-likeness (QED) is 0.741. The number of rotatable bonds is 1. The van der Waals surface area contributed by atoms with Gasteiger partial charge < -0.3 is 9.64 Å². The van der Waals surface area contributed by atoms with Gasteiger partial charge in [0.25, 0.3) is 5.91 Å². The van der Waals surface area contributed by atoms with Crippen LogP contribution in [0.2, 0.25) is 5.02 Å². The summed E-state index contributed by atoms with van der Waals surface area (Å²) in [4.78, 5) is 24.2. The van der Waals surface area contributed by atoms with Crippen LogP contribution in [0.1, 0.15) is 10.5 Å². The molecule has 1 aromatic rings. The maximum absolute atomic E-state index is 12.4. The molecule has 2 aliphatic rings. The Morgan fingerprint density at radius 2 is 2.37 bits per heavy atom. The van der Waals surface area contributed by atoms with Gasteiger partial charge >= 0.3 is 0 Å². The van der Waals surface area contributed by atoms with Crippen molar-refractivity contribution in [3.63, 3.8) is 0 Å². The molecule has 0 spiro atoms. The van der Waals surface area contributed by atoms with E-state index in [1.807, 2.05) is 0 Å². The third-order valence-electron chi connectivity index (χ3n) is 3.74. The monoisotopic (exact) mass is 282 g/mol. The van der Waals surface area contributed by atoms with Crippen LogP contribution in [0.5, 0.6) is 0 Å². The van der Waals surface area contributed by atoms with Crippen molar-refractivity contribution in [1.29, 1.82) is 0 Å². The summed E-state index contributed by atoms with van der Waals surface area (Å²) in [6.45, 7) is 2.86. The summed E-state index contributed by atoms with van der Waals surface area (Å²) in [7, 11) is 2.06. The summed E-state index contributed by atoms with van der Waals surface area (Å²) in [6, 6.07) is 0.262. The Bertz CT molecular complexity index is 498. The van der Waals surface area contributed by atoms with E-state index in [4.69, 9.17) is 16.3 Å². The van der Waals surface area contributed by atoms with Crippen LogP contribution in [-0.4, -0.2) is 71.1 Å². The van der Waals surface area contributed by atoms with Crippen molar-refractivity contribution in [2.75, 3.05) is 33.3 Å². The molecule has 6 nitrogen and oxygen atoms in total. The van der Waals surface area contributed by atoms with Crippen LogP contribution in [0.15, 0.2) is 12.5 Å². The van der Waals surface area contributed by atoms with E-state index >= 15 is 0 Å². The minimum Gasteiger partial charge on any atom is -0.373 e. The predicted octanol–water partition coefficient (Wildman–Crippen LogP) is 0.285. The van der Waals surface area contributed by atoms with Crippen LogP contribution in [0.3, 0.4) is 0 Å². The largest absolute Gasteiger partial charge is 0.373 e. The smallest absolute Gasteiger partial charge is 0.274 e. The van der Waals surface area contributed by atoms with Gasteiger partial charge in [0.15, 0.2) is 0 Å². The number of fused-ring (bicyclic) bond motifs is 1. The number of ether oxygens (including phenoxy) is 1. The fourth-order valence-corrected chi connectivity index (χ4v) is 2.83. The van der Waals surface area contributed by atoms with Gasteiger partial charge in [-0.2, -0.15) is 0 Å². The Morgan fingerprint density at radius 1 is 1.53 bits per heavy atom. The fraction of sp³-hybridized carbons (Fsp3) is 0.583. The van der Waals surface area contributed by atoms with Gasteiger partial charge in [0.05, 0.1) is 23.8 Å². The van der Waals surface area contributed by atoms with Crippen LogP contribution >= 0.6 is 11.6 Å². The number of likely N-dealkylation sites (tertiary alicyclic amines) is 1. The highest BCUT2D eigenvalue weighted by Crippen LogP contribution is 2.24. The summed E-state index contributed by atoms with van der Waals surface area (Å²) in [5, 5.41) is 0.289. The SMILES string of the molecule is CN1CCO[C@@H]2CN(C(=O)c3ncncc3Cl)C[C@@H]21. The first-order valence-corrected chi connectivity index (χ1v) is 6.61. The molecule has 2 saturated heterocycles. The number of carbonyl (C=O) groups excluding carboxylic acids is 1. The van der Waals surface area contributed by atoms with Gasteiger partial charge in [0.1, 0.15) is 12.0 Å². The van der Waals surface area contributed by atoms with Crippen molar-refractivity contribution < 1.29 is 9.53 Å². The number of halogens is 1. The minimum absolute atomic E-state index is 0.0864. The zero-order chi connectivity index (χ0) is 13.4. The Hall–Kier alpha value is -1.24. The zero-order valence-electron chi connectivity index (χ0n) is 10.6. The molecule has 7 heteroatoms. The summed E-state index contributed by atoms with van der Waals surface area (Å²) in [5.74, 6) is -0.154. The first-order chi connectivity index (χ1) is 9.16. The first kappa shape index (κ1) is 12.8. The molecule has 0 radical (unpaired) electrons. The van der Waals surface area contributed by atoms with E-state index < -0.39 is 0 Å². The second-order valence-electron chi connectivity index (χ2n) is 4.89. The van der Waals surface area contributed by atoms with E-state index in [9.17, 15) is 4.79 Å². The molecule has 1 aromatic heterocycles. The molecule has 0 aromatic carbocycles. The number of hydrogen-bond acceptors (Lipinski definition) is 5. The molecule has 3 heterocycles. The predicted molar refractivity (Wildman–Crippen MR) is 69.1 cm³/mol. The molecule has 102 valence electrons. The number of morpholine rings is 1. The number of hydrogen-bond donors (Lipinski definition) is 0. The molecule has 0 unspecified atom stereocenters. The van der Waals surface area contributed by atoms with Crippen molar-refractivity contribution in [2.45, 2.75) is 12.1 Å². The number of nitrogens with zero attached hydrogens (tertiary/aromatic N) is 4. The molecule has 0 bridgehead atoms. The molecule has 2 aliphatic heterocycles. The standard InChI is InChI=1S/C12H15ClN4O2/c1-16-2-3-19-10-6-17(5-9(10)16)12(18)11-8(13)4-14-7-15-11/h4,7,9-10H,2-3,5-6H2,1H3/t9-,10+/m0/s1. The highest BCUT2D eigenvalue weighted by Gasteiger charge is 2.41. The number of likely N-dealkylation sites (N-methyl/N-ethyl adjacent to an activating group) is 1. The van der Waals surface area contributed by atoms with Crippen LogP contribution in [0.25, 0.3) is 0 Å². The third kappa shape index (κ3) is 2.31. The van der Waals surface area contributed by atoms with E-state index in [1.54, 1.807) is 4.90 Å². The van der Waals surface area contributed by atoms with Crippen molar-refractivity contribution >= 4 is 17.5 Å². The second kappa shape index (κ2) is 5.03. The number of carbonyl (C=O) groups is 1. The average molecular weight is 283 g/mol.